The van der Waals surface area contributed by atoms with Crippen molar-refractivity contribution in [1.29, 1.82) is 0 Å². The van der Waals surface area contributed by atoms with Crippen LogP contribution < -0.4 is 5.32 Å². The lowest BCUT2D eigenvalue weighted by Gasteiger charge is -2.08. The second-order valence-corrected chi connectivity index (χ2v) is 5.17. The fraction of sp³-hybridized carbons (Fsp3) is 0.176. The van der Waals surface area contributed by atoms with Gasteiger partial charge in [-0.25, -0.2) is 4.98 Å². The summed E-state index contributed by atoms with van der Waals surface area (Å²) in [4.78, 5) is 17.1. The van der Waals surface area contributed by atoms with Crippen molar-refractivity contribution < 1.29 is 9.90 Å². The Balaban J connectivity index is 2.06. The molecule has 0 saturated heterocycles. The summed E-state index contributed by atoms with van der Waals surface area (Å²) in [5, 5.41) is 12.6. The van der Waals surface area contributed by atoms with Gasteiger partial charge in [0.2, 0.25) is 0 Å². The Kier molecular flexibility index (Phi) is 3.55. The number of rotatable bonds is 3. The molecule has 0 bridgehead atoms. The second-order valence-electron chi connectivity index (χ2n) is 5.17. The molecule has 0 aliphatic rings. The number of hydrogen-bond donors (Lipinski definition) is 2. The lowest BCUT2D eigenvalue weighted by atomic mass is 10.2. The Bertz CT molecular complexity index is 852. The molecule has 0 saturated carbocycles. The number of nitrogens with one attached hydrogen (secondary N) is 1. The highest BCUT2D eigenvalue weighted by Gasteiger charge is 2.19. The molecule has 2 aromatic heterocycles. The lowest BCUT2D eigenvalue weighted by Crippen LogP contribution is -2.16. The first kappa shape index (κ1) is 14.1. The Morgan fingerprint density at radius 2 is 2.05 bits per heavy atom. The van der Waals surface area contributed by atoms with Crippen molar-refractivity contribution in [2.45, 2.75) is 20.3 Å². The number of para-hydroxylation sites is 2. The van der Waals surface area contributed by atoms with Gasteiger partial charge in [0.15, 0.2) is 0 Å². The van der Waals surface area contributed by atoms with Gasteiger partial charge < -0.3 is 10.4 Å². The van der Waals surface area contributed by atoms with Crippen LogP contribution in [0.5, 0.6) is 5.75 Å². The van der Waals surface area contributed by atoms with Crippen molar-refractivity contribution in [1.82, 2.24) is 9.38 Å². The fourth-order valence-electron chi connectivity index (χ4n) is 2.45. The summed E-state index contributed by atoms with van der Waals surface area (Å²) in [5.74, 6) is -0.240. The van der Waals surface area contributed by atoms with E-state index < -0.39 is 0 Å². The van der Waals surface area contributed by atoms with E-state index >= 15 is 0 Å². The molecule has 3 aromatic rings. The number of anilines is 1. The first-order valence-corrected chi connectivity index (χ1v) is 7.17. The molecule has 0 atom stereocenters. The van der Waals surface area contributed by atoms with E-state index in [-0.39, 0.29) is 11.7 Å². The van der Waals surface area contributed by atoms with Gasteiger partial charge in [0.1, 0.15) is 17.1 Å². The predicted molar refractivity (Wildman–Crippen MR) is 85.4 cm³/mol. The molecule has 0 aliphatic carbocycles. The van der Waals surface area contributed by atoms with Crippen molar-refractivity contribution in [3.05, 3.63) is 59.5 Å². The normalized spacial score (nSPS) is 10.8. The fourth-order valence-corrected chi connectivity index (χ4v) is 2.45. The van der Waals surface area contributed by atoms with Crippen LogP contribution in [0.3, 0.4) is 0 Å². The van der Waals surface area contributed by atoms with Gasteiger partial charge in [-0.2, -0.15) is 0 Å². The maximum Gasteiger partial charge on any atom is 0.274 e. The number of aryl methyl sites for hydroxylation is 2. The van der Waals surface area contributed by atoms with Crippen LogP contribution in [0.1, 0.15) is 28.7 Å². The molecule has 112 valence electrons. The number of phenolic OH excluding ortho intramolecular Hbond substituents is 1. The minimum atomic E-state index is -0.281. The number of imidazole rings is 1. The van der Waals surface area contributed by atoms with E-state index in [1.807, 2.05) is 32.2 Å². The standard InChI is InChI=1S/C17H17N3O2/c1-3-12-16(20-10-11(2)8-9-15(20)18-12)17(22)19-13-6-4-5-7-14(13)21/h4-10,21H,3H2,1-2H3,(H,19,22). The smallest absolute Gasteiger partial charge is 0.274 e. The van der Waals surface area contributed by atoms with Crippen molar-refractivity contribution in [2.75, 3.05) is 5.32 Å². The minimum absolute atomic E-state index is 0.0406. The maximum atomic E-state index is 12.6. The van der Waals surface area contributed by atoms with E-state index in [0.717, 1.165) is 16.9 Å². The average Bonchev–Trinajstić information content (AvgIpc) is 2.87. The summed E-state index contributed by atoms with van der Waals surface area (Å²) in [6, 6.07) is 10.5. The van der Waals surface area contributed by atoms with E-state index in [1.54, 1.807) is 22.6 Å². The Hall–Kier alpha value is -2.82. The largest absolute Gasteiger partial charge is 0.506 e. The monoisotopic (exact) mass is 295 g/mol. The van der Waals surface area contributed by atoms with Crippen LogP contribution in [0.15, 0.2) is 42.6 Å². The van der Waals surface area contributed by atoms with Crippen LogP contribution in [0.25, 0.3) is 5.65 Å². The quantitative estimate of drug-likeness (QED) is 0.729. The van der Waals surface area contributed by atoms with Gasteiger partial charge in [-0.05, 0) is 37.1 Å². The molecule has 1 aromatic carbocycles. The molecule has 3 rings (SSSR count). The summed E-state index contributed by atoms with van der Waals surface area (Å²) in [6.45, 7) is 3.93. The van der Waals surface area contributed by atoms with Crippen LogP contribution >= 0.6 is 0 Å². The molecular formula is C17H17N3O2. The van der Waals surface area contributed by atoms with E-state index in [4.69, 9.17) is 0 Å². The van der Waals surface area contributed by atoms with Gasteiger partial charge in [0.25, 0.3) is 5.91 Å². The Morgan fingerprint density at radius 3 is 2.77 bits per heavy atom. The van der Waals surface area contributed by atoms with Gasteiger partial charge >= 0.3 is 0 Å². The number of phenols is 1. The molecule has 0 spiro atoms. The van der Waals surface area contributed by atoms with Crippen LogP contribution in [0.2, 0.25) is 0 Å². The van der Waals surface area contributed by atoms with E-state index in [1.165, 1.54) is 6.07 Å². The van der Waals surface area contributed by atoms with Crippen LogP contribution in [-0.4, -0.2) is 20.4 Å². The maximum absolute atomic E-state index is 12.6. The van der Waals surface area contributed by atoms with Crippen LogP contribution in [-0.2, 0) is 6.42 Å². The van der Waals surface area contributed by atoms with Crippen LogP contribution in [0.4, 0.5) is 5.69 Å². The topological polar surface area (TPSA) is 66.6 Å². The van der Waals surface area contributed by atoms with Gasteiger partial charge in [-0.3, -0.25) is 9.20 Å². The molecular weight excluding hydrogens is 278 g/mol. The van der Waals surface area contributed by atoms with Gasteiger partial charge in [-0.1, -0.05) is 25.1 Å². The Labute approximate surface area is 128 Å². The summed E-state index contributed by atoms with van der Waals surface area (Å²) in [6.07, 6.45) is 2.55. The molecule has 5 heteroatoms. The molecule has 2 heterocycles. The number of benzene rings is 1. The SMILES string of the molecule is CCc1nc2ccc(C)cn2c1C(=O)Nc1ccccc1O. The lowest BCUT2D eigenvalue weighted by molar-refractivity contribution is 0.102. The first-order valence-electron chi connectivity index (χ1n) is 7.17. The molecule has 2 N–H and O–H groups in total. The number of hydrogen-bond acceptors (Lipinski definition) is 3. The third-order valence-corrected chi connectivity index (χ3v) is 3.54. The van der Waals surface area contributed by atoms with Crippen molar-refractivity contribution in [3.8, 4) is 5.75 Å². The minimum Gasteiger partial charge on any atom is -0.506 e. The van der Waals surface area contributed by atoms with E-state index in [0.29, 0.717) is 17.8 Å². The highest BCUT2D eigenvalue weighted by molar-refractivity contribution is 6.05. The number of pyridine rings is 1. The molecule has 0 radical (unpaired) electrons. The van der Waals surface area contributed by atoms with E-state index in [9.17, 15) is 9.90 Å². The molecule has 0 unspecified atom stereocenters. The zero-order chi connectivity index (χ0) is 15.7. The van der Waals surface area contributed by atoms with Gasteiger partial charge in [0.05, 0.1) is 11.4 Å². The summed E-state index contributed by atoms with van der Waals surface area (Å²) in [5.41, 5.74) is 3.41. The summed E-state index contributed by atoms with van der Waals surface area (Å²) >= 11 is 0. The number of carbonyl (C=O) groups is 1. The zero-order valence-electron chi connectivity index (χ0n) is 12.5. The third-order valence-electron chi connectivity index (χ3n) is 3.54. The molecule has 0 fully saturated rings. The van der Waals surface area contributed by atoms with Crippen molar-refractivity contribution in [2.24, 2.45) is 0 Å². The second kappa shape index (κ2) is 5.52. The summed E-state index contributed by atoms with van der Waals surface area (Å²) in [7, 11) is 0. The highest BCUT2D eigenvalue weighted by Crippen LogP contribution is 2.23. The Morgan fingerprint density at radius 1 is 1.27 bits per heavy atom. The average molecular weight is 295 g/mol. The van der Waals surface area contributed by atoms with Crippen molar-refractivity contribution >= 4 is 17.2 Å². The molecule has 1 amide bonds. The number of fused-ring (bicyclic) bond motifs is 1. The van der Waals surface area contributed by atoms with Crippen LogP contribution in [0, 0.1) is 6.92 Å². The van der Waals surface area contributed by atoms with Gasteiger partial charge in [-0.15, -0.1) is 0 Å². The zero-order valence-corrected chi connectivity index (χ0v) is 12.5. The molecule has 0 aliphatic heterocycles. The number of carbonyl (C=O) groups excluding carboxylic acids is 1. The molecule has 22 heavy (non-hydrogen) atoms. The van der Waals surface area contributed by atoms with E-state index in [2.05, 4.69) is 10.3 Å². The summed E-state index contributed by atoms with van der Waals surface area (Å²) < 4.78 is 1.80. The highest BCUT2D eigenvalue weighted by atomic mass is 16.3. The first-order chi connectivity index (χ1) is 10.6. The molecule has 5 nitrogen and oxygen atoms in total. The third kappa shape index (κ3) is 2.41. The van der Waals surface area contributed by atoms with Crippen molar-refractivity contribution in [3.63, 3.8) is 0 Å². The number of aromatic nitrogens is 2. The number of nitrogens with zero attached hydrogens (tertiary/aromatic N) is 2. The number of amides is 1. The number of aromatic hydroxyl groups is 1. The predicted octanol–water partition coefficient (Wildman–Crippen LogP) is 3.16. The van der Waals surface area contributed by atoms with Gasteiger partial charge in [0, 0.05) is 6.20 Å².